The summed E-state index contributed by atoms with van der Waals surface area (Å²) >= 11 is 0. The van der Waals surface area contributed by atoms with Crippen LogP contribution in [0.5, 0.6) is 0 Å². The standard InChI is InChI=1S/C20H21FN4O3/c1-12-17(13(2)28-24-12)7-8-22-20(26)18-9-16-11-27-19(10-25(16)23-18)14-3-5-15(21)6-4-14/h3-6,9,19H,7-8,10-11H2,1-2H3,(H,22,26)/t19-/m0/s1. The zero-order chi connectivity index (χ0) is 19.7. The van der Waals surface area contributed by atoms with Gasteiger partial charge >= 0.3 is 0 Å². The molecule has 4 rings (SSSR count). The molecule has 0 spiro atoms. The molecule has 1 aliphatic rings. The number of nitrogens with zero attached hydrogens (tertiary/aromatic N) is 3. The molecule has 0 saturated heterocycles. The van der Waals surface area contributed by atoms with E-state index in [1.165, 1.54) is 12.1 Å². The van der Waals surface area contributed by atoms with Crippen LogP contribution >= 0.6 is 0 Å². The van der Waals surface area contributed by atoms with Gasteiger partial charge in [0.15, 0.2) is 5.69 Å². The molecule has 1 aromatic carbocycles. The maximum absolute atomic E-state index is 13.1. The molecule has 0 saturated carbocycles. The molecule has 0 unspecified atom stereocenters. The van der Waals surface area contributed by atoms with Gasteiger partial charge in [-0.2, -0.15) is 5.10 Å². The van der Waals surface area contributed by atoms with Crippen molar-refractivity contribution in [3.05, 3.63) is 70.1 Å². The van der Waals surface area contributed by atoms with Crippen molar-refractivity contribution in [2.75, 3.05) is 6.54 Å². The average Bonchev–Trinajstić information content (AvgIpc) is 3.26. The van der Waals surface area contributed by atoms with E-state index in [4.69, 9.17) is 9.26 Å². The van der Waals surface area contributed by atoms with Crippen molar-refractivity contribution >= 4 is 5.91 Å². The first-order chi connectivity index (χ1) is 13.5. The first-order valence-electron chi connectivity index (χ1n) is 9.15. The van der Waals surface area contributed by atoms with E-state index in [1.54, 1.807) is 22.9 Å². The van der Waals surface area contributed by atoms with Crippen LogP contribution in [0.4, 0.5) is 4.39 Å². The van der Waals surface area contributed by atoms with Gasteiger partial charge in [-0.25, -0.2) is 4.39 Å². The normalized spacial score (nSPS) is 16.0. The highest BCUT2D eigenvalue weighted by Gasteiger charge is 2.24. The number of hydrogen-bond donors (Lipinski definition) is 1. The summed E-state index contributed by atoms with van der Waals surface area (Å²) in [7, 11) is 0. The molecule has 0 fully saturated rings. The van der Waals surface area contributed by atoms with E-state index in [2.05, 4.69) is 15.6 Å². The van der Waals surface area contributed by atoms with E-state index >= 15 is 0 Å². The summed E-state index contributed by atoms with van der Waals surface area (Å²) in [6, 6.07) is 7.98. The van der Waals surface area contributed by atoms with Crippen LogP contribution in [0.2, 0.25) is 0 Å². The third kappa shape index (κ3) is 3.68. The number of carbonyl (C=O) groups excluding carboxylic acids is 1. The number of halogens is 1. The fourth-order valence-electron chi connectivity index (χ4n) is 3.37. The van der Waals surface area contributed by atoms with Crippen molar-refractivity contribution in [1.82, 2.24) is 20.3 Å². The quantitative estimate of drug-likeness (QED) is 0.731. The van der Waals surface area contributed by atoms with Gasteiger partial charge in [0.05, 0.1) is 24.5 Å². The zero-order valence-corrected chi connectivity index (χ0v) is 15.7. The molecule has 3 heterocycles. The van der Waals surface area contributed by atoms with Gasteiger partial charge in [-0.05, 0) is 44.0 Å². The number of amides is 1. The SMILES string of the molecule is Cc1noc(C)c1CCNC(=O)c1cc2n(n1)C[C@@H](c1ccc(F)cc1)OC2. The lowest BCUT2D eigenvalue weighted by atomic mass is 10.1. The molecule has 0 radical (unpaired) electrons. The Morgan fingerprint density at radius 3 is 2.82 bits per heavy atom. The molecular formula is C20H21FN4O3. The van der Waals surface area contributed by atoms with Crippen molar-refractivity contribution in [2.45, 2.75) is 39.5 Å². The van der Waals surface area contributed by atoms with Crippen molar-refractivity contribution in [3.63, 3.8) is 0 Å². The van der Waals surface area contributed by atoms with Crippen molar-refractivity contribution in [1.29, 1.82) is 0 Å². The molecule has 0 aliphatic carbocycles. The van der Waals surface area contributed by atoms with Crippen molar-refractivity contribution < 1.29 is 18.4 Å². The molecule has 1 aliphatic heterocycles. The van der Waals surface area contributed by atoms with Gasteiger partial charge in [0.1, 0.15) is 17.7 Å². The highest BCUT2D eigenvalue weighted by atomic mass is 19.1. The van der Waals surface area contributed by atoms with Crippen LogP contribution in [0.25, 0.3) is 0 Å². The molecular weight excluding hydrogens is 363 g/mol. The van der Waals surface area contributed by atoms with Gasteiger partial charge < -0.3 is 14.6 Å². The minimum absolute atomic E-state index is 0.219. The molecule has 146 valence electrons. The number of aromatic nitrogens is 3. The number of nitrogens with one attached hydrogen (secondary N) is 1. The molecule has 1 amide bonds. The van der Waals surface area contributed by atoms with Crippen LogP contribution in [-0.4, -0.2) is 27.4 Å². The molecule has 1 N–H and O–H groups in total. The molecule has 28 heavy (non-hydrogen) atoms. The average molecular weight is 384 g/mol. The second-order valence-corrected chi connectivity index (χ2v) is 6.86. The highest BCUT2D eigenvalue weighted by Crippen LogP contribution is 2.26. The van der Waals surface area contributed by atoms with E-state index in [0.29, 0.717) is 31.8 Å². The van der Waals surface area contributed by atoms with Gasteiger partial charge in [-0.3, -0.25) is 9.48 Å². The number of ether oxygens (including phenoxy) is 1. The molecule has 7 nitrogen and oxygen atoms in total. The van der Waals surface area contributed by atoms with Crippen LogP contribution < -0.4 is 5.32 Å². The Kier molecular flexibility index (Phi) is 4.95. The summed E-state index contributed by atoms with van der Waals surface area (Å²) in [6.07, 6.45) is 0.430. The summed E-state index contributed by atoms with van der Waals surface area (Å²) in [5.74, 6) is 0.259. The Morgan fingerprint density at radius 2 is 2.11 bits per heavy atom. The smallest absolute Gasteiger partial charge is 0.271 e. The number of aryl methyl sites for hydroxylation is 2. The lowest BCUT2D eigenvalue weighted by Gasteiger charge is -2.24. The summed E-state index contributed by atoms with van der Waals surface area (Å²) in [5.41, 5.74) is 3.94. The third-order valence-electron chi connectivity index (χ3n) is 4.95. The van der Waals surface area contributed by atoms with Crippen LogP contribution in [0.15, 0.2) is 34.9 Å². The van der Waals surface area contributed by atoms with E-state index in [0.717, 1.165) is 28.3 Å². The van der Waals surface area contributed by atoms with Crippen LogP contribution in [0, 0.1) is 19.7 Å². The first kappa shape index (κ1) is 18.4. The summed E-state index contributed by atoms with van der Waals surface area (Å²) < 4.78 is 25.9. The molecule has 8 heteroatoms. The molecule has 1 atom stereocenters. The Bertz CT molecular complexity index is 974. The largest absolute Gasteiger partial charge is 0.365 e. The first-order valence-corrected chi connectivity index (χ1v) is 9.15. The topological polar surface area (TPSA) is 82.2 Å². The van der Waals surface area contributed by atoms with Crippen LogP contribution in [-0.2, 0) is 24.3 Å². The van der Waals surface area contributed by atoms with Gasteiger partial charge in [0.25, 0.3) is 5.91 Å². The molecule has 0 bridgehead atoms. The van der Waals surface area contributed by atoms with Gasteiger partial charge in [-0.15, -0.1) is 0 Å². The van der Waals surface area contributed by atoms with Crippen LogP contribution in [0.1, 0.15) is 44.9 Å². The fraction of sp³-hybridized carbons (Fsp3) is 0.350. The minimum atomic E-state index is -0.283. The Balaban J connectivity index is 1.38. The number of benzene rings is 1. The molecule has 2 aromatic heterocycles. The predicted octanol–water partition coefficient (Wildman–Crippen LogP) is 2.87. The van der Waals surface area contributed by atoms with E-state index < -0.39 is 0 Å². The Hall–Kier alpha value is -3.00. The second-order valence-electron chi connectivity index (χ2n) is 6.86. The minimum Gasteiger partial charge on any atom is -0.365 e. The van der Waals surface area contributed by atoms with Gasteiger partial charge in [0.2, 0.25) is 0 Å². The zero-order valence-electron chi connectivity index (χ0n) is 15.7. The number of hydrogen-bond acceptors (Lipinski definition) is 5. The van der Waals surface area contributed by atoms with E-state index in [9.17, 15) is 9.18 Å². The summed E-state index contributed by atoms with van der Waals surface area (Å²) in [5, 5.41) is 11.2. The second kappa shape index (κ2) is 7.55. The lowest BCUT2D eigenvalue weighted by molar-refractivity contribution is -0.00123. The third-order valence-corrected chi connectivity index (χ3v) is 4.95. The fourth-order valence-corrected chi connectivity index (χ4v) is 3.37. The monoisotopic (exact) mass is 384 g/mol. The summed E-state index contributed by atoms with van der Waals surface area (Å²) in [6.45, 7) is 5.04. The van der Waals surface area contributed by atoms with Gasteiger partial charge in [-0.1, -0.05) is 17.3 Å². The van der Waals surface area contributed by atoms with Gasteiger partial charge in [0, 0.05) is 12.1 Å². The highest BCUT2D eigenvalue weighted by molar-refractivity contribution is 5.92. The van der Waals surface area contributed by atoms with Crippen molar-refractivity contribution in [2.24, 2.45) is 0 Å². The van der Waals surface area contributed by atoms with E-state index in [-0.39, 0.29) is 17.8 Å². The molecule has 3 aromatic rings. The predicted molar refractivity (Wildman–Crippen MR) is 98.2 cm³/mol. The lowest BCUT2D eigenvalue weighted by Crippen LogP contribution is -2.26. The maximum Gasteiger partial charge on any atom is 0.271 e. The Labute approximate surface area is 161 Å². The number of rotatable bonds is 5. The van der Waals surface area contributed by atoms with E-state index in [1.807, 2.05) is 13.8 Å². The summed E-state index contributed by atoms with van der Waals surface area (Å²) in [4.78, 5) is 12.4. The maximum atomic E-state index is 13.1. The number of fused-ring (bicyclic) bond motifs is 1. The number of carbonyl (C=O) groups is 1. The van der Waals surface area contributed by atoms with Crippen LogP contribution in [0.3, 0.4) is 0 Å². The van der Waals surface area contributed by atoms with Crippen molar-refractivity contribution in [3.8, 4) is 0 Å². The Morgan fingerprint density at radius 1 is 1.32 bits per heavy atom.